The number of rotatable bonds is 4. The van der Waals surface area contributed by atoms with Gasteiger partial charge in [0, 0.05) is 13.2 Å². The molecule has 3 rings (SSSR count). The summed E-state index contributed by atoms with van der Waals surface area (Å²) in [4.78, 5) is 11.1. The Morgan fingerprint density at radius 3 is 2.38 bits per heavy atom. The van der Waals surface area contributed by atoms with Gasteiger partial charge in [0.15, 0.2) is 9.04 Å². The second-order valence-corrected chi connectivity index (χ2v) is 14.8. The van der Waals surface area contributed by atoms with Gasteiger partial charge in [-0.15, -0.1) is 0 Å². The minimum Gasteiger partial charge on any atom is -0.481 e. The second kappa shape index (κ2) is 9.83. The Kier molecular flexibility index (Phi) is 8.07. The van der Waals surface area contributed by atoms with E-state index >= 15 is 0 Å². The molecule has 0 radical (unpaired) electrons. The summed E-state index contributed by atoms with van der Waals surface area (Å²) in [6.07, 6.45) is 5.54. The third kappa shape index (κ3) is 5.28. The first-order chi connectivity index (χ1) is 12.4. The lowest BCUT2D eigenvalue weighted by molar-refractivity contribution is -0.140. The van der Waals surface area contributed by atoms with Crippen LogP contribution >= 0.6 is 0 Å². The number of hydrogen-bond acceptors (Lipinski definition) is 3. The minimum atomic E-state index is -1.51. The van der Waals surface area contributed by atoms with Crippen molar-refractivity contribution < 1.29 is 18.8 Å². The Morgan fingerprint density at radius 1 is 1.19 bits per heavy atom. The van der Waals surface area contributed by atoms with Gasteiger partial charge in [-0.3, -0.25) is 4.79 Å². The molecule has 3 atom stereocenters. The molecule has 0 spiro atoms. The highest BCUT2D eigenvalue weighted by atomic mass is 28.4. The van der Waals surface area contributed by atoms with Crippen LogP contribution in [0, 0.1) is 0 Å². The summed E-state index contributed by atoms with van der Waals surface area (Å²) in [5.74, 6) is -0.673. The smallest absolute Gasteiger partial charge is 0.308 e. The third-order valence-electron chi connectivity index (χ3n) is 5.97. The molecule has 26 heavy (non-hydrogen) atoms. The number of carboxylic acids is 1. The van der Waals surface area contributed by atoms with E-state index in [-0.39, 0.29) is 0 Å². The first-order valence-corrected chi connectivity index (χ1v) is 14.4. The van der Waals surface area contributed by atoms with Gasteiger partial charge in [0.1, 0.15) is 0 Å². The molecule has 2 fully saturated rings. The zero-order valence-electron chi connectivity index (χ0n) is 16.5. The van der Waals surface area contributed by atoms with Gasteiger partial charge in [-0.25, -0.2) is 0 Å². The summed E-state index contributed by atoms with van der Waals surface area (Å²) in [6.45, 7) is 7.87. The van der Waals surface area contributed by atoms with Gasteiger partial charge in [-0.1, -0.05) is 50.1 Å². The molecule has 1 aromatic rings. The van der Waals surface area contributed by atoms with E-state index in [2.05, 4.69) is 36.9 Å². The van der Waals surface area contributed by atoms with Crippen molar-refractivity contribution in [2.45, 2.75) is 69.6 Å². The van der Waals surface area contributed by atoms with Gasteiger partial charge >= 0.3 is 5.97 Å². The lowest BCUT2D eigenvalue weighted by atomic mass is 10.1. The normalized spacial score (nSPS) is 28.3. The number of benzene rings is 1. The molecule has 2 aliphatic rings. The maximum atomic E-state index is 11.1. The van der Waals surface area contributed by atoms with E-state index in [9.17, 15) is 4.79 Å². The summed E-state index contributed by atoms with van der Waals surface area (Å²) in [5, 5.41) is 10.0. The average Bonchev–Trinajstić information content (AvgIpc) is 2.69. The maximum absolute atomic E-state index is 11.1. The standard InChI is InChI=1S/C11H16OSi.C9H18O3Si/c1-13(10-6-5-9-12-13)11-7-3-2-4-8-11;1-3-9(2,8(10)11)13-7-5-4-6-12-13/h2-4,7-8H,5-6,9-10H2,1H3;13H,3-7H2,1-2H3,(H,10,11). The Bertz CT molecular complexity index is 554. The first-order valence-electron chi connectivity index (χ1n) is 9.97. The van der Waals surface area contributed by atoms with Gasteiger partial charge < -0.3 is 14.0 Å². The van der Waals surface area contributed by atoms with Crippen LogP contribution in [0.4, 0.5) is 0 Å². The van der Waals surface area contributed by atoms with Crippen molar-refractivity contribution in [3.63, 3.8) is 0 Å². The van der Waals surface area contributed by atoms with Crippen LogP contribution in [-0.2, 0) is 13.6 Å². The number of carbonyl (C=O) groups is 1. The molecular weight excluding hydrogens is 360 g/mol. The zero-order chi connectivity index (χ0) is 19.0. The van der Waals surface area contributed by atoms with Crippen LogP contribution in [0.1, 0.15) is 46.0 Å². The van der Waals surface area contributed by atoms with Crippen molar-refractivity contribution in [3.8, 4) is 0 Å². The van der Waals surface area contributed by atoms with Crippen molar-refractivity contribution in [2.24, 2.45) is 0 Å². The maximum Gasteiger partial charge on any atom is 0.308 e. The van der Waals surface area contributed by atoms with Crippen molar-refractivity contribution in [2.75, 3.05) is 13.2 Å². The summed E-state index contributed by atoms with van der Waals surface area (Å²) in [6, 6.07) is 13.1. The van der Waals surface area contributed by atoms with E-state index < -0.39 is 28.4 Å². The Hall–Kier alpha value is -0.956. The van der Waals surface area contributed by atoms with Crippen LogP contribution in [0.25, 0.3) is 0 Å². The molecule has 0 aromatic heterocycles. The van der Waals surface area contributed by atoms with Crippen LogP contribution in [0.15, 0.2) is 30.3 Å². The van der Waals surface area contributed by atoms with Crippen molar-refractivity contribution >= 4 is 28.5 Å². The molecule has 0 saturated carbocycles. The molecule has 1 aromatic carbocycles. The zero-order valence-corrected chi connectivity index (χ0v) is 18.7. The van der Waals surface area contributed by atoms with Crippen LogP contribution < -0.4 is 5.19 Å². The van der Waals surface area contributed by atoms with E-state index in [1.807, 2.05) is 13.8 Å². The molecule has 1 N–H and O–H groups in total. The van der Waals surface area contributed by atoms with E-state index in [4.69, 9.17) is 14.0 Å². The van der Waals surface area contributed by atoms with Crippen molar-refractivity contribution in [3.05, 3.63) is 30.3 Å². The number of carboxylic acid groups (broad SMARTS) is 1. The molecule has 2 saturated heterocycles. The van der Waals surface area contributed by atoms with Crippen LogP contribution in [-0.4, -0.2) is 41.6 Å². The van der Waals surface area contributed by atoms with Gasteiger partial charge in [-0.2, -0.15) is 0 Å². The molecule has 4 nitrogen and oxygen atoms in total. The second-order valence-electron chi connectivity index (χ2n) is 7.83. The SMILES string of the molecule is CCC(C)(C(=O)O)[SiH]1CCCCO1.C[Si]1(c2ccccc2)CCCCO1. The molecule has 0 bridgehead atoms. The summed E-state index contributed by atoms with van der Waals surface area (Å²) in [5.41, 5.74) is 0. The van der Waals surface area contributed by atoms with E-state index in [0.29, 0.717) is 6.42 Å². The molecular formula is C20H34O4Si2. The molecule has 146 valence electrons. The van der Waals surface area contributed by atoms with E-state index in [1.165, 1.54) is 24.1 Å². The minimum absolute atomic E-state index is 0.555. The van der Waals surface area contributed by atoms with Gasteiger partial charge in [0.2, 0.25) is 8.32 Å². The van der Waals surface area contributed by atoms with Gasteiger partial charge in [-0.05, 0) is 50.0 Å². The predicted molar refractivity (Wildman–Crippen MR) is 111 cm³/mol. The fourth-order valence-corrected chi connectivity index (χ4v) is 9.74. The van der Waals surface area contributed by atoms with Gasteiger partial charge in [0.25, 0.3) is 0 Å². The summed E-state index contributed by atoms with van der Waals surface area (Å²) < 4.78 is 11.6. The van der Waals surface area contributed by atoms with Crippen LogP contribution in [0.3, 0.4) is 0 Å². The monoisotopic (exact) mass is 394 g/mol. The molecule has 3 unspecified atom stereocenters. The number of hydrogen-bond donors (Lipinski definition) is 1. The van der Waals surface area contributed by atoms with E-state index in [1.54, 1.807) is 0 Å². The lowest BCUT2D eigenvalue weighted by Crippen LogP contribution is -2.49. The first kappa shape index (κ1) is 21.3. The summed E-state index contributed by atoms with van der Waals surface area (Å²) >= 11 is 0. The molecule has 2 heterocycles. The summed E-state index contributed by atoms with van der Waals surface area (Å²) in [7, 11) is -3.03. The third-order valence-corrected chi connectivity index (χ3v) is 13.3. The van der Waals surface area contributed by atoms with E-state index in [0.717, 1.165) is 32.1 Å². The topological polar surface area (TPSA) is 55.8 Å². The molecule has 6 heteroatoms. The largest absolute Gasteiger partial charge is 0.481 e. The Labute approximate surface area is 160 Å². The highest BCUT2D eigenvalue weighted by Crippen LogP contribution is 2.38. The highest BCUT2D eigenvalue weighted by Gasteiger charge is 2.43. The van der Waals surface area contributed by atoms with Crippen molar-refractivity contribution in [1.82, 2.24) is 0 Å². The Morgan fingerprint density at radius 2 is 1.88 bits per heavy atom. The predicted octanol–water partition coefficient (Wildman–Crippen LogP) is 4.05. The molecule has 0 aliphatic carbocycles. The van der Waals surface area contributed by atoms with Crippen LogP contribution in [0.2, 0.25) is 23.7 Å². The highest BCUT2D eigenvalue weighted by molar-refractivity contribution is 6.85. The van der Waals surface area contributed by atoms with Crippen LogP contribution in [0.5, 0.6) is 0 Å². The lowest BCUT2D eigenvalue weighted by Gasteiger charge is -2.33. The quantitative estimate of drug-likeness (QED) is 0.783. The van der Waals surface area contributed by atoms with Crippen molar-refractivity contribution in [1.29, 1.82) is 0 Å². The average molecular weight is 395 g/mol. The number of aliphatic carboxylic acids is 1. The molecule has 2 aliphatic heterocycles. The fourth-order valence-electron chi connectivity index (χ4n) is 3.71. The molecule has 0 amide bonds. The fraction of sp³-hybridized carbons (Fsp3) is 0.650. The Balaban J connectivity index is 0.000000187. The van der Waals surface area contributed by atoms with Gasteiger partial charge in [0.05, 0.1) is 5.04 Å².